The van der Waals surface area contributed by atoms with Gasteiger partial charge in [-0.3, -0.25) is 4.79 Å². The van der Waals surface area contributed by atoms with Crippen molar-refractivity contribution in [2.45, 2.75) is 25.3 Å². The zero-order valence-electron chi connectivity index (χ0n) is 13.2. The second-order valence-corrected chi connectivity index (χ2v) is 5.99. The molecular formula is C17H18N4OS. The highest BCUT2D eigenvalue weighted by Crippen LogP contribution is 2.21. The highest BCUT2D eigenvalue weighted by molar-refractivity contribution is 8.00. The molecule has 2 rings (SSSR count). The summed E-state index contributed by atoms with van der Waals surface area (Å²) in [4.78, 5) is 20.3. The molecule has 0 fully saturated rings. The van der Waals surface area contributed by atoms with Gasteiger partial charge in [-0.1, -0.05) is 42.1 Å². The van der Waals surface area contributed by atoms with Gasteiger partial charge in [-0.05, 0) is 25.8 Å². The van der Waals surface area contributed by atoms with E-state index in [1.807, 2.05) is 30.3 Å². The normalized spacial score (nSPS) is 10.1. The molecule has 1 aromatic heterocycles. The molecule has 5 nitrogen and oxygen atoms in total. The molecule has 1 aromatic carbocycles. The van der Waals surface area contributed by atoms with Crippen LogP contribution in [0.15, 0.2) is 35.4 Å². The van der Waals surface area contributed by atoms with Crippen LogP contribution in [0.25, 0.3) is 0 Å². The number of nitrogens with one attached hydrogen (secondary N) is 1. The van der Waals surface area contributed by atoms with E-state index in [9.17, 15) is 10.1 Å². The first-order chi connectivity index (χ1) is 11.1. The summed E-state index contributed by atoms with van der Waals surface area (Å²) in [7, 11) is 0. The van der Waals surface area contributed by atoms with Crippen LogP contribution in [0, 0.1) is 25.2 Å². The first kappa shape index (κ1) is 17.0. The van der Waals surface area contributed by atoms with Crippen molar-refractivity contribution in [1.29, 1.82) is 5.26 Å². The number of amides is 1. The molecule has 1 heterocycles. The maximum Gasteiger partial charge on any atom is 0.230 e. The largest absolute Gasteiger partial charge is 0.355 e. The number of nitriles is 1. The number of carbonyl (C=O) groups excluding carboxylic acids is 1. The third kappa shape index (κ3) is 5.08. The summed E-state index contributed by atoms with van der Waals surface area (Å²) in [5.74, 6) is 0.775. The molecular weight excluding hydrogens is 308 g/mol. The lowest BCUT2D eigenvalue weighted by Crippen LogP contribution is -2.27. The Morgan fingerprint density at radius 3 is 2.70 bits per heavy atom. The molecule has 118 valence electrons. The third-order valence-corrected chi connectivity index (χ3v) is 4.17. The lowest BCUT2D eigenvalue weighted by molar-refractivity contribution is -0.118. The van der Waals surface area contributed by atoms with Gasteiger partial charge >= 0.3 is 0 Å². The lowest BCUT2D eigenvalue weighted by atomic mass is 10.1. The van der Waals surface area contributed by atoms with Crippen LogP contribution < -0.4 is 5.32 Å². The average molecular weight is 326 g/mol. The van der Waals surface area contributed by atoms with Crippen LogP contribution in [0.4, 0.5) is 0 Å². The number of hydrogen-bond acceptors (Lipinski definition) is 5. The Balaban J connectivity index is 1.84. The molecule has 2 aromatic rings. The van der Waals surface area contributed by atoms with Gasteiger partial charge in [0.25, 0.3) is 0 Å². The minimum absolute atomic E-state index is 0.0660. The summed E-state index contributed by atoms with van der Waals surface area (Å²) >= 11 is 1.27. The van der Waals surface area contributed by atoms with E-state index < -0.39 is 0 Å². The molecule has 0 aliphatic carbocycles. The fourth-order valence-corrected chi connectivity index (χ4v) is 2.99. The fraction of sp³-hybridized carbons (Fsp3) is 0.294. The lowest BCUT2D eigenvalue weighted by Gasteiger charge is -2.07. The molecule has 0 spiro atoms. The fourth-order valence-electron chi connectivity index (χ4n) is 2.09. The summed E-state index contributed by atoms with van der Waals surface area (Å²) in [5.41, 5.74) is 2.28. The summed E-state index contributed by atoms with van der Waals surface area (Å²) in [6, 6.07) is 12.1. The smallest absolute Gasteiger partial charge is 0.230 e. The van der Waals surface area contributed by atoms with Gasteiger partial charge in [-0.25, -0.2) is 9.97 Å². The van der Waals surface area contributed by atoms with Crippen molar-refractivity contribution < 1.29 is 4.79 Å². The molecule has 0 unspecified atom stereocenters. The van der Waals surface area contributed by atoms with E-state index in [0.29, 0.717) is 28.7 Å². The van der Waals surface area contributed by atoms with Crippen molar-refractivity contribution in [2.75, 3.05) is 12.3 Å². The molecule has 0 saturated heterocycles. The van der Waals surface area contributed by atoms with Crippen molar-refractivity contribution in [1.82, 2.24) is 15.3 Å². The number of hydrogen-bond donors (Lipinski definition) is 1. The van der Waals surface area contributed by atoms with Gasteiger partial charge in [0.15, 0.2) is 0 Å². The molecule has 0 bridgehead atoms. The van der Waals surface area contributed by atoms with Gasteiger partial charge < -0.3 is 5.32 Å². The number of rotatable bonds is 6. The highest BCUT2D eigenvalue weighted by Gasteiger charge is 2.12. The number of nitrogens with zero attached hydrogens (tertiary/aromatic N) is 3. The Hall–Kier alpha value is -2.39. The van der Waals surface area contributed by atoms with Gasteiger partial charge in [0.2, 0.25) is 5.91 Å². The van der Waals surface area contributed by atoms with E-state index in [4.69, 9.17) is 0 Å². The topological polar surface area (TPSA) is 78.7 Å². The number of aromatic nitrogens is 2. The number of benzene rings is 1. The first-order valence-electron chi connectivity index (χ1n) is 7.29. The predicted octanol–water partition coefficient (Wildman–Crippen LogP) is 2.42. The van der Waals surface area contributed by atoms with E-state index in [1.165, 1.54) is 17.3 Å². The quantitative estimate of drug-likeness (QED) is 0.651. The molecule has 0 saturated carbocycles. The summed E-state index contributed by atoms with van der Waals surface area (Å²) in [6.07, 6.45) is 0.798. The molecule has 23 heavy (non-hydrogen) atoms. The third-order valence-electron chi connectivity index (χ3n) is 3.20. The molecule has 1 N–H and O–H groups in total. The predicted molar refractivity (Wildman–Crippen MR) is 90.1 cm³/mol. The van der Waals surface area contributed by atoms with E-state index in [0.717, 1.165) is 6.42 Å². The van der Waals surface area contributed by atoms with Crippen molar-refractivity contribution in [3.8, 4) is 6.07 Å². The minimum atomic E-state index is -0.0660. The molecule has 0 atom stereocenters. The zero-order chi connectivity index (χ0) is 16.7. The van der Waals surface area contributed by atoms with Gasteiger partial charge in [-0.2, -0.15) is 5.26 Å². The Morgan fingerprint density at radius 1 is 1.26 bits per heavy atom. The number of aryl methyl sites for hydroxylation is 2. The van der Waals surface area contributed by atoms with Crippen LogP contribution >= 0.6 is 11.8 Å². The van der Waals surface area contributed by atoms with Crippen molar-refractivity contribution in [3.05, 3.63) is 53.0 Å². The summed E-state index contributed by atoms with van der Waals surface area (Å²) < 4.78 is 0. The highest BCUT2D eigenvalue weighted by atomic mass is 32.2. The minimum Gasteiger partial charge on any atom is -0.355 e. The average Bonchev–Trinajstić information content (AvgIpc) is 2.53. The monoisotopic (exact) mass is 326 g/mol. The standard InChI is InChI=1S/C17H18N4OS/c1-12-15(10-18)17(21-13(2)20-12)23-11-16(22)19-9-8-14-6-4-3-5-7-14/h3-7H,8-9,11H2,1-2H3,(H,19,22). The van der Waals surface area contributed by atoms with Crippen LogP contribution in [0.3, 0.4) is 0 Å². The number of thioether (sulfide) groups is 1. The van der Waals surface area contributed by atoms with Crippen molar-refractivity contribution in [3.63, 3.8) is 0 Å². The van der Waals surface area contributed by atoms with Gasteiger partial charge in [0.1, 0.15) is 22.5 Å². The summed E-state index contributed by atoms with van der Waals surface area (Å²) in [5, 5.41) is 12.6. The second-order valence-electron chi connectivity index (χ2n) is 5.02. The Labute approximate surface area is 140 Å². The number of carbonyl (C=O) groups is 1. The Bertz CT molecular complexity index is 725. The molecule has 0 radical (unpaired) electrons. The van der Waals surface area contributed by atoms with Crippen LogP contribution in [-0.2, 0) is 11.2 Å². The van der Waals surface area contributed by atoms with Crippen molar-refractivity contribution in [2.24, 2.45) is 0 Å². The Kier molecular flexibility index (Phi) is 6.12. The summed E-state index contributed by atoms with van der Waals surface area (Å²) in [6.45, 7) is 4.14. The maximum absolute atomic E-state index is 11.9. The molecule has 0 aliphatic heterocycles. The van der Waals surface area contributed by atoms with Crippen LogP contribution in [0.1, 0.15) is 22.6 Å². The van der Waals surface area contributed by atoms with E-state index >= 15 is 0 Å². The van der Waals surface area contributed by atoms with Crippen LogP contribution in [-0.4, -0.2) is 28.2 Å². The molecule has 0 aliphatic rings. The van der Waals surface area contributed by atoms with Gasteiger partial charge in [-0.15, -0.1) is 0 Å². The van der Waals surface area contributed by atoms with Crippen molar-refractivity contribution >= 4 is 17.7 Å². The maximum atomic E-state index is 11.9. The first-order valence-corrected chi connectivity index (χ1v) is 8.27. The molecule has 6 heteroatoms. The van der Waals surface area contributed by atoms with Crippen LogP contribution in [0.5, 0.6) is 0 Å². The van der Waals surface area contributed by atoms with E-state index in [-0.39, 0.29) is 11.7 Å². The van der Waals surface area contributed by atoms with E-state index in [1.54, 1.807) is 13.8 Å². The van der Waals surface area contributed by atoms with Gasteiger partial charge in [0, 0.05) is 6.54 Å². The van der Waals surface area contributed by atoms with Gasteiger partial charge in [0.05, 0.1) is 11.4 Å². The molecule has 1 amide bonds. The zero-order valence-corrected chi connectivity index (χ0v) is 14.0. The SMILES string of the molecule is Cc1nc(C)c(C#N)c(SCC(=O)NCCc2ccccc2)n1. The van der Waals surface area contributed by atoms with Crippen LogP contribution in [0.2, 0.25) is 0 Å². The van der Waals surface area contributed by atoms with E-state index in [2.05, 4.69) is 21.4 Å². The second kappa shape index (κ2) is 8.30. The Morgan fingerprint density at radius 2 is 2.00 bits per heavy atom.